The van der Waals surface area contributed by atoms with E-state index in [9.17, 15) is 4.79 Å². The van der Waals surface area contributed by atoms with E-state index < -0.39 is 5.97 Å². The number of hydrogen-bond acceptors (Lipinski definition) is 4. The molecule has 0 unspecified atom stereocenters. The highest BCUT2D eigenvalue weighted by Gasteiger charge is 2.12. The molecule has 0 aliphatic carbocycles. The zero-order chi connectivity index (χ0) is 13.7. The van der Waals surface area contributed by atoms with Crippen molar-refractivity contribution in [3.63, 3.8) is 0 Å². The van der Waals surface area contributed by atoms with Crippen LogP contribution < -0.4 is 10.1 Å². The van der Waals surface area contributed by atoms with Gasteiger partial charge in [0.2, 0.25) is 0 Å². The third-order valence-corrected chi connectivity index (χ3v) is 2.72. The van der Waals surface area contributed by atoms with Crippen molar-refractivity contribution >= 4 is 5.97 Å². The minimum atomic E-state index is -0.980. The van der Waals surface area contributed by atoms with E-state index in [1.54, 1.807) is 7.11 Å². The van der Waals surface area contributed by atoms with E-state index in [0.29, 0.717) is 18.8 Å². The number of hydrogen-bond donors (Lipinski definition) is 2. The third-order valence-electron chi connectivity index (χ3n) is 2.72. The molecule has 0 saturated heterocycles. The second-order valence-electron chi connectivity index (χ2n) is 4.02. The van der Waals surface area contributed by atoms with Gasteiger partial charge in [-0.05, 0) is 23.8 Å². The highest BCUT2D eigenvalue weighted by Crippen LogP contribution is 2.13. The summed E-state index contributed by atoms with van der Waals surface area (Å²) >= 11 is 0. The topological polar surface area (TPSA) is 71.7 Å². The fraction of sp³-hybridized carbons (Fsp3) is 0.214. The minimum absolute atomic E-state index is 0.193. The maximum Gasteiger partial charge on any atom is 0.339 e. The number of rotatable bonds is 6. The van der Waals surface area contributed by atoms with Crippen LogP contribution in [0.5, 0.6) is 5.75 Å². The van der Waals surface area contributed by atoms with Crippen LogP contribution in [0.25, 0.3) is 0 Å². The van der Waals surface area contributed by atoms with Gasteiger partial charge in [-0.25, -0.2) is 4.79 Å². The summed E-state index contributed by atoms with van der Waals surface area (Å²) in [6, 6.07) is 9.12. The van der Waals surface area contributed by atoms with Crippen LogP contribution in [0.2, 0.25) is 0 Å². The zero-order valence-electron chi connectivity index (χ0n) is 10.6. The molecule has 5 nitrogen and oxygen atoms in total. The van der Waals surface area contributed by atoms with Gasteiger partial charge >= 0.3 is 5.97 Å². The molecule has 100 valence electrons. The Labute approximate surface area is 110 Å². The molecule has 1 heterocycles. The standard InChI is InChI=1S/C14H15NO4/c1-18-11-4-2-3-10(7-11)8-15-9-13-12(14(16)17)5-6-19-13/h2-7,15H,8-9H2,1H3,(H,16,17). The average Bonchev–Trinajstić information content (AvgIpc) is 2.87. The first-order chi connectivity index (χ1) is 9.20. The molecule has 0 bridgehead atoms. The lowest BCUT2D eigenvalue weighted by Crippen LogP contribution is -2.14. The lowest BCUT2D eigenvalue weighted by atomic mass is 10.2. The van der Waals surface area contributed by atoms with Gasteiger partial charge in [0.1, 0.15) is 17.1 Å². The minimum Gasteiger partial charge on any atom is -0.497 e. The number of benzene rings is 1. The Bertz CT molecular complexity index is 562. The predicted molar refractivity (Wildman–Crippen MR) is 69.2 cm³/mol. The summed E-state index contributed by atoms with van der Waals surface area (Å²) < 4.78 is 10.3. The maximum atomic E-state index is 10.9. The molecule has 0 saturated carbocycles. The van der Waals surface area contributed by atoms with E-state index in [1.807, 2.05) is 24.3 Å². The fourth-order valence-corrected chi connectivity index (χ4v) is 1.77. The van der Waals surface area contributed by atoms with Gasteiger partial charge in [0.15, 0.2) is 0 Å². The van der Waals surface area contributed by atoms with Crippen LogP contribution in [0, 0.1) is 0 Å². The fourth-order valence-electron chi connectivity index (χ4n) is 1.77. The molecule has 19 heavy (non-hydrogen) atoms. The van der Waals surface area contributed by atoms with E-state index >= 15 is 0 Å². The summed E-state index contributed by atoms with van der Waals surface area (Å²) in [6.07, 6.45) is 1.38. The first kappa shape index (κ1) is 13.2. The van der Waals surface area contributed by atoms with Gasteiger partial charge < -0.3 is 19.6 Å². The van der Waals surface area contributed by atoms with Crippen LogP contribution in [0.3, 0.4) is 0 Å². The predicted octanol–water partition coefficient (Wildman–Crippen LogP) is 2.28. The summed E-state index contributed by atoms with van der Waals surface area (Å²) in [5, 5.41) is 12.1. The van der Waals surface area contributed by atoms with Crippen LogP contribution in [0.15, 0.2) is 41.0 Å². The van der Waals surface area contributed by atoms with Gasteiger partial charge in [-0.1, -0.05) is 12.1 Å². The van der Waals surface area contributed by atoms with E-state index in [1.165, 1.54) is 12.3 Å². The van der Waals surface area contributed by atoms with Gasteiger partial charge in [-0.3, -0.25) is 0 Å². The SMILES string of the molecule is COc1cccc(CNCc2occc2C(=O)O)c1. The van der Waals surface area contributed by atoms with Crippen molar-refractivity contribution in [3.8, 4) is 5.75 Å². The monoisotopic (exact) mass is 261 g/mol. The lowest BCUT2D eigenvalue weighted by Gasteiger charge is -2.06. The lowest BCUT2D eigenvalue weighted by molar-refractivity contribution is 0.0694. The summed E-state index contributed by atoms with van der Waals surface area (Å²) in [6.45, 7) is 0.975. The number of carboxylic acid groups (broad SMARTS) is 1. The molecule has 1 aromatic heterocycles. The summed E-state index contributed by atoms with van der Waals surface area (Å²) in [7, 11) is 1.62. The Kier molecular flexibility index (Phi) is 4.20. The normalized spacial score (nSPS) is 10.4. The smallest absolute Gasteiger partial charge is 0.339 e. The van der Waals surface area contributed by atoms with E-state index in [0.717, 1.165) is 11.3 Å². The molecule has 0 aliphatic rings. The Morgan fingerprint density at radius 2 is 2.21 bits per heavy atom. The van der Waals surface area contributed by atoms with E-state index in [4.69, 9.17) is 14.3 Å². The number of methoxy groups -OCH3 is 1. The molecule has 1 aromatic carbocycles. The number of aromatic carboxylic acids is 1. The second-order valence-corrected chi connectivity index (χ2v) is 4.02. The van der Waals surface area contributed by atoms with Crippen LogP contribution in [-0.2, 0) is 13.1 Å². The zero-order valence-corrected chi connectivity index (χ0v) is 10.6. The van der Waals surface area contributed by atoms with Gasteiger partial charge in [0.25, 0.3) is 0 Å². The van der Waals surface area contributed by atoms with E-state index in [2.05, 4.69) is 5.32 Å². The van der Waals surface area contributed by atoms with Crippen LogP contribution in [0.1, 0.15) is 21.7 Å². The van der Waals surface area contributed by atoms with Crippen molar-refractivity contribution in [2.75, 3.05) is 7.11 Å². The molecule has 0 amide bonds. The summed E-state index contributed by atoms with van der Waals surface area (Å²) in [5.74, 6) is 0.242. The molecule has 0 atom stereocenters. The Morgan fingerprint density at radius 3 is 2.95 bits per heavy atom. The third kappa shape index (κ3) is 3.35. The van der Waals surface area contributed by atoms with Gasteiger partial charge in [0.05, 0.1) is 19.9 Å². The first-order valence-corrected chi connectivity index (χ1v) is 5.84. The van der Waals surface area contributed by atoms with Crippen molar-refractivity contribution in [2.45, 2.75) is 13.1 Å². The van der Waals surface area contributed by atoms with Crippen LogP contribution >= 0.6 is 0 Å². The largest absolute Gasteiger partial charge is 0.497 e. The van der Waals surface area contributed by atoms with Crippen molar-refractivity contribution in [3.05, 3.63) is 53.5 Å². The van der Waals surface area contributed by atoms with Crippen molar-refractivity contribution in [2.24, 2.45) is 0 Å². The van der Waals surface area contributed by atoms with Gasteiger partial charge in [-0.15, -0.1) is 0 Å². The number of nitrogens with one attached hydrogen (secondary N) is 1. The van der Waals surface area contributed by atoms with Crippen LogP contribution in [0.4, 0.5) is 0 Å². The number of carboxylic acids is 1. The summed E-state index contributed by atoms with van der Waals surface area (Å²) in [4.78, 5) is 10.9. The second kappa shape index (κ2) is 6.06. The molecule has 2 N–H and O–H groups in total. The molecule has 0 radical (unpaired) electrons. The Hall–Kier alpha value is -2.27. The molecule has 0 spiro atoms. The molecule has 0 fully saturated rings. The molecular formula is C14H15NO4. The molecule has 0 aliphatic heterocycles. The quantitative estimate of drug-likeness (QED) is 0.834. The van der Waals surface area contributed by atoms with Gasteiger partial charge in [0, 0.05) is 6.54 Å². The van der Waals surface area contributed by atoms with Crippen molar-refractivity contribution in [1.29, 1.82) is 0 Å². The number of ether oxygens (including phenoxy) is 1. The highest BCUT2D eigenvalue weighted by atomic mass is 16.5. The highest BCUT2D eigenvalue weighted by molar-refractivity contribution is 5.88. The van der Waals surface area contributed by atoms with Crippen LogP contribution in [-0.4, -0.2) is 18.2 Å². The molecule has 2 aromatic rings. The number of carbonyl (C=O) groups is 1. The molecule has 2 rings (SSSR count). The Morgan fingerprint density at radius 1 is 1.37 bits per heavy atom. The molecular weight excluding hydrogens is 246 g/mol. The number of furan rings is 1. The van der Waals surface area contributed by atoms with Crippen molar-refractivity contribution in [1.82, 2.24) is 5.32 Å². The summed E-state index contributed by atoms with van der Waals surface area (Å²) in [5.41, 5.74) is 1.25. The molecule has 5 heteroatoms. The van der Waals surface area contributed by atoms with Crippen molar-refractivity contribution < 1.29 is 19.1 Å². The first-order valence-electron chi connectivity index (χ1n) is 5.84. The Balaban J connectivity index is 1.92. The van der Waals surface area contributed by atoms with Gasteiger partial charge in [-0.2, -0.15) is 0 Å². The maximum absolute atomic E-state index is 10.9. The van der Waals surface area contributed by atoms with E-state index in [-0.39, 0.29) is 5.56 Å². The average molecular weight is 261 g/mol.